The quantitative estimate of drug-likeness (QED) is 0.702. The van der Waals surface area contributed by atoms with Crippen molar-refractivity contribution in [2.75, 3.05) is 0 Å². The number of fused-ring (bicyclic) bond motifs is 1. The SMILES string of the molecule is CCCn1nnc2c(S(N)(=O)=O)ncn2c1=O. The number of aromatic nitrogens is 5. The molecular formula is C7H10N6O3S. The Morgan fingerprint density at radius 3 is 2.76 bits per heavy atom. The van der Waals surface area contributed by atoms with Gasteiger partial charge in [-0.15, -0.1) is 5.10 Å². The smallest absolute Gasteiger partial charge is 0.245 e. The van der Waals surface area contributed by atoms with Gasteiger partial charge >= 0.3 is 5.69 Å². The van der Waals surface area contributed by atoms with E-state index in [0.717, 1.165) is 15.4 Å². The monoisotopic (exact) mass is 258 g/mol. The second kappa shape index (κ2) is 3.89. The van der Waals surface area contributed by atoms with Gasteiger partial charge in [-0.2, -0.15) is 4.68 Å². The molecule has 9 nitrogen and oxygen atoms in total. The van der Waals surface area contributed by atoms with E-state index in [1.54, 1.807) is 0 Å². The van der Waals surface area contributed by atoms with E-state index in [9.17, 15) is 13.2 Å². The van der Waals surface area contributed by atoms with Crippen molar-refractivity contribution >= 4 is 15.7 Å². The Morgan fingerprint density at radius 1 is 1.47 bits per heavy atom. The van der Waals surface area contributed by atoms with Crippen molar-refractivity contribution in [1.29, 1.82) is 0 Å². The maximum Gasteiger partial charge on any atom is 0.352 e. The van der Waals surface area contributed by atoms with E-state index in [0.29, 0.717) is 13.0 Å². The Balaban J connectivity index is 2.76. The van der Waals surface area contributed by atoms with E-state index in [4.69, 9.17) is 5.14 Å². The van der Waals surface area contributed by atoms with Crippen LogP contribution in [0, 0.1) is 0 Å². The topological polar surface area (TPSA) is 125 Å². The highest BCUT2D eigenvalue weighted by Gasteiger charge is 2.19. The van der Waals surface area contributed by atoms with Crippen LogP contribution >= 0.6 is 0 Å². The van der Waals surface area contributed by atoms with Gasteiger partial charge in [0.2, 0.25) is 10.7 Å². The molecule has 2 aromatic heterocycles. The molecule has 0 radical (unpaired) electrons. The fourth-order valence-electron chi connectivity index (χ4n) is 1.37. The maximum atomic E-state index is 11.8. The van der Waals surface area contributed by atoms with Gasteiger partial charge in [0, 0.05) is 6.54 Å². The minimum absolute atomic E-state index is 0.162. The molecule has 0 saturated carbocycles. The van der Waals surface area contributed by atoms with Crippen LogP contribution in [0.4, 0.5) is 0 Å². The first-order chi connectivity index (χ1) is 7.95. The van der Waals surface area contributed by atoms with E-state index >= 15 is 0 Å². The average molecular weight is 258 g/mol. The Kier molecular flexibility index (Phi) is 2.67. The molecular weight excluding hydrogens is 248 g/mol. The van der Waals surface area contributed by atoms with Crippen molar-refractivity contribution in [2.24, 2.45) is 5.14 Å². The summed E-state index contributed by atoms with van der Waals surface area (Å²) in [5.74, 6) is 0. The lowest BCUT2D eigenvalue weighted by molar-refractivity contribution is 0.510. The highest BCUT2D eigenvalue weighted by atomic mass is 32.2. The minimum Gasteiger partial charge on any atom is -0.245 e. The number of nitrogens with two attached hydrogens (primary N) is 1. The van der Waals surface area contributed by atoms with Crippen LogP contribution < -0.4 is 10.8 Å². The molecule has 10 heteroatoms. The van der Waals surface area contributed by atoms with Crippen LogP contribution in [0.5, 0.6) is 0 Å². The molecule has 2 aromatic rings. The summed E-state index contributed by atoms with van der Waals surface area (Å²) in [5.41, 5.74) is -0.663. The van der Waals surface area contributed by atoms with Crippen LogP contribution in [-0.4, -0.2) is 32.8 Å². The van der Waals surface area contributed by atoms with E-state index in [1.165, 1.54) is 0 Å². The van der Waals surface area contributed by atoms with Crippen LogP contribution in [0.15, 0.2) is 16.1 Å². The van der Waals surface area contributed by atoms with E-state index < -0.39 is 20.7 Å². The van der Waals surface area contributed by atoms with Crippen LogP contribution in [0.2, 0.25) is 0 Å². The number of imidazole rings is 1. The molecule has 2 heterocycles. The summed E-state index contributed by atoms with van der Waals surface area (Å²) >= 11 is 0. The molecule has 0 spiro atoms. The van der Waals surface area contributed by atoms with Gasteiger partial charge in [0.15, 0.2) is 0 Å². The molecule has 17 heavy (non-hydrogen) atoms. The maximum absolute atomic E-state index is 11.8. The third kappa shape index (κ3) is 1.91. The number of hydrogen-bond donors (Lipinski definition) is 1. The van der Waals surface area contributed by atoms with Gasteiger partial charge in [-0.3, -0.25) is 0 Å². The molecule has 0 saturated heterocycles. The highest BCUT2D eigenvalue weighted by Crippen LogP contribution is 2.07. The molecule has 0 aromatic carbocycles. The number of sulfonamides is 1. The minimum atomic E-state index is -4.01. The van der Waals surface area contributed by atoms with Crippen molar-refractivity contribution in [3.63, 3.8) is 0 Å². The molecule has 0 amide bonds. The van der Waals surface area contributed by atoms with Crippen molar-refractivity contribution in [3.8, 4) is 0 Å². The number of rotatable bonds is 3. The fourth-order valence-corrected chi connectivity index (χ4v) is 1.96. The second-order valence-electron chi connectivity index (χ2n) is 3.38. The molecule has 2 rings (SSSR count). The Hall–Kier alpha value is -1.81. The van der Waals surface area contributed by atoms with Crippen molar-refractivity contribution < 1.29 is 8.42 Å². The normalized spacial score (nSPS) is 12.1. The van der Waals surface area contributed by atoms with E-state index in [1.807, 2.05) is 6.92 Å². The number of hydrogen-bond acceptors (Lipinski definition) is 6. The third-order valence-corrected chi connectivity index (χ3v) is 2.92. The summed E-state index contributed by atoms with van der Waals surface area (Å²) in [5, 5.41) is 11.7. The van der Waals surface area contributed by atoms with Crippen molar-refractivity contribution in [3.05, 3.63) is 16.8 Å². The lowest BCUT2D eigenvalue weighted by atomic mass is 10.5. The molecule has 0 fully saturated rings. The van der Waals surface area contributed by atoms with Gasteiger partial charge in [0.25, 0.3) is 10.0 Å². The van der Waals surface area contributed by atoms with Gasteiger partial charge in [-0.05, 0) is 6.42 Å². The van der Waals surface area contributed by atoms with E-state index in [-0.39, 0.29) is 5.65 Å². The summed E-state index contributed by atoms with van der Waals surface area (Å²) in [6.45, 7) is 2.27. The zero-order chi connectivity index (χ0) is 12.6. The van der Waals surface area contributed by atoms with E-state index in [2.05, 4.69) is 15.3 Å². The number of primary sulfonamides is 1. The number of aryl methyl sites for hydroxylation is 1. The van der Waals surface area contributed by atoms with Crippen molar-refractivity contribution in [2.45, 2.75) is 24.9 Å². The van der Waals surface area contributed by atoms with Crippen LogP contribution in [0.25, 0.3) is 5.65 Å². The average Bonchev–Trinajstić information content (AvgIpc) is 2.66. The van der Waals surface area contributed by atoms with Gasteiger partial charge in [0.05, 0.1) is 0 Å². The zero-order valence-electron chi connectivity index (χ0n) is 8.94. The molecule has 0 aliphatic heterocycles. The zero-order valence-corrected chi connectivity index (χ0v) is 9.75. The first-order valence-corrected chi connectivity index (χ1v) is 6.33. The van der Waals surface area contributed by atoms with Gasteiger partial charge < -0.3 is 0 Å². The molecule has 0 unspecified atom stereocenters. The molecule has 2 N–H and O–H groups in total. The highest BCUT2D eigenvalue weighted by molar-refractivity contribution is 7.89. The number of nitrogens with zero attached hydrogens (tertiary/aromatic N) is 5. The standard InChI is InChI=1S/C7H10N6O3S/c1-2-3-13-7(14)12-4-9-6(17(8,15)16)5(12)10-11-13/h4H,2-3H2,1H3,(H2,8,15,16). The lowest BCUT2D eigenvalue weighted by Gasteiger charge is -2.00. The fraction of sp³-hybridized carbons (Fsp3) is 0.429. The molecule has 0 bridgehead atoms. The Bertz CT molecular complexity index is 715. The molecule has 0 aliphatic carbocycles. The lowest BCUT2D eigenvalue weighted by Crippen LogP contribution is -2.30. The third-order valence-electron chi connectivity index (χ3n) is 2.09. The molecule has 92 valence electrons. The van der Waals surface area contributed by atoms with Gasteiger partial charge in [-0.1, -0.05) is 12.1 Å². The van der Waals surface area contributed by atoms with Crippen LogP contribution in [-0.2, 0) is 16.6 Å². The summed E-state index contributed by atoms with van der Waals surface area (Å²) in [4.78, 5) is 15.4. The summed E-state index contributed by atoms with van der Waals surface area (Å²) in [6, 6.07) is 0. The van der Waals surface area contributed by atoms with Gasteiger partial charge in [0.1, 0.15) is 6.33 Å². The largest absolute Gasteiger partial charge is 0.352 e. The predicted octanol–water partition coefficient (Wildman–Crippen LogP) is -1.66. The summed E-state index contributed by atoms with van der Waals surface area (Å²) in [7, 11) is -4.01. The summed E-state index contributed by atoms with van der Waals surface area (Å²) < 4.78 is 24.4. The summed E-state index contributed by atoms with van der Waals surface area (Å²) in [6.07, 6.45) is 1.77. The second-order valence-corrected chi connectivity index (χ2v) is 4.86. The molecule has 0 aliphatic rings. The Morgan fingerprint density at radius 2 is 2.18 bits per heavy atom. The first kappa shape index (κ1) is 11.7. The van der Waals surface area contributed by atoms with Crippen LogP contribution in [0.1, 0.15) is 13.3 Å². The predicted molar refractivity (Wildman–Crippen MR) is 56.7 cm³/mol. The molecule has 0 atom stereocenters. The van der Waals surface area contributed by atoms with Crippen molar-refractivity contribution in [1.82, 2.24) is 24.4 Å². The van der Waals surface area contributed by atoms with Gasteiger partial charge in [-0.25, -0.2) is 27.7 Å². The Labute approximate surface area is 95.9 Å². The first-order valence-electron chi connectivity index (χ1n) is 4.79. The van der Waals surface area contributed by atoms with Crippen LogP contribution in [0.3, 0.4) is 0 Å².